The number of nitrogens with zero attached hydrogens (tertiary/aromatic N) is 6. The largest absolute Gasteiger partial charge is 0.508 e. The molecule has 6 aromatic rings. The first kappa shape index (κ1) is 113. The second-order valence-electron chi connectivity index (χ2n) is 26.8. The number of pyridine rings is 4. The Morgan fingerprint density at radius 1 is 0.575 bits per heavy atom. The molecular formula is C79H126B4ClN8O16S4U. The minimum atomic E-state index is -3.50. The van der Waals surface area contributed by atoms with E-state index in [1.807, 2.05) is 5.38 Å². The molecule has 0 saturated heterocycles. The number of nitrogens with two attached hydrogens (primary N) is 1. The van der Waals surface area contributed by atoms with Crippen molar-refractivity contribution in [2.45, 2.75) is 260 Å². The van der Waals surface area contributed by atoms with Gasteiger partial charge in [-0.1, -0.05) is 198 Å². The number of aromatic nitrogens is 6. The van der Waals surface area contributed by atoms with Crippen LogP contribution >= 0.6 is 34.3 Å². The summed E-state index contributed by atoms with van der Waals surface area (Å²) in [5.74, 6) is -0.624. The fraction of sp³-hybridized carbons (Fsp3) is 0.582. The fourth-order valence-electron chi connectivity index (χ4n) is 14.0. The molecule has 4 aliphatic rings. The zero-order valence-corrected chi connectivity index (χ0v) is 70.8. The number of nitrogen functional groups attached to an aromatic ring is 1. The van der Waals surface area contributed by atoms with Crippen LogP contribution in [-0.2, 0) is 48.3 Å². The van der Waals surface area contributed by atoms with Gasteiger partial charge in [-0.15, -0.1) is 28.4 Å². The molecule has 5 N–H and O–H groups in total. The van der Waals surface area contributed by atoms with Crippen molar-refractivity contribution in [2.24, 2.45) is 23.7 Å². The van der Waals surface area contributed by atoms with E-state index in [0.717, 1.165) is 128 Å². The predicted molar refractivity (Wildman–Crippen MR) is 464 cm³/mol. The number of rotatable bonds is 19. The van der Waals surface area contributed by atoms with Crippen molar-refractivity contribution in [3.8, 4) is 5.75 Å². The molecule has 4 atom stereocenters. The summed E-state index contributed by atoms with van der Waals surface area (Å²) in [6, 6.07) is 7.84. The molecule has 6 heterocycles. The zero-order valence-electron chi connectivity index (χ0n) is 63.6. The first-order chi connectivity index (χ1) is 50.7. The second-order valence-corrected chi connectivity index (χ2v) is 33.0. The Hall–Kier alpha value is -6.44. The van der Waals surface area contributed by atoms with Gasteiger partial charge in [-0.2, -0.15) is 0 Å². The Labute approximate surface area is 717 Å². The van der Waals surface area contributed by atoms with Crippen LogP contribution < -0.4 is 33.3 Å². The summed E-state index contributed by atoms with van der Waals surface area (Å²) in [7, 11) is 9.45. The molecule has 0 spiro atoms. The molecule has 4 aliphatic carbocycles. The third kappa shape index (κ3) is 38.5. The third-order valence-electron chi connectivity index (χ3n) is 18.8. The van der Waals surface area contributed by atoms with Gasteiger partial charge in [-0.25, -0.2) is 41.2 Å². The van der Waals surface area contributed by atoms with Crippen molar-refractivity contribution in [3.63, 3.8) is 0 Å². The molecule has 113 heavy (non-hydrogen) atoms. The van der Waals surface area contributed by atoms with E-state index in [1.54, 1.807) is 51.5 Å². The van der Waals surface area contributed by atoms with Crippen LogP contribution in [-0.4, -0.2) is 138 Å². The Morgan fingerprint density at radius 3 is 1.16 bits per heavy atom. The number of hydrogen-bond acceptors (Lipinski definition) is 20. The number of sulfone groups is 2. The number of esters is 2. The summed E-state index contributed by atoms with van der Waals surface area (Å²) in [5, 5.41) is 26.8. The van der Waals surface area contributed by atoms with Crippen LogP contribution in [0, 0.1) is 82.5 Å². The molecular weight excluding hydrogens is 1760 g/mol. The minimum Gasteiger partial charge on any atom is -0.508 e. The molecule has 1 amide bonds. The number of anilines is 2. The van der Waals surface area contributed by atoms with Gasteiger partial charge in [0.25, 0.3) is 22.2 Å². The number of halogens is 1. The molecule has 0 bridgehead atoms. The summed E-state index contributed by atoms with van der Waals surface area (Å²) in [5.41, 5.74) is 7.87. The van der Waals surface area contributed by atoms with Crippen molar-refractivity contribution in [1.82, 2.24) is 28.2 Å². The van der Waals surface area contributed by atoms with Crippen molar-refractivity contribution < 1.29 is 86.8 Å². The Morgan fingerprint density at radius 2 is 0.876 bits per heavy atom. The summed E-state index contributed by atoms with van der Waals surface area (Å²) >= 11 is 8.66. The van der Waals surface area contributed by atoms with Crippen molar-refractivity contribution in [3.05, 3.63) is 160 Å². The number of aromatic hydroxyl groups is 1. The summed E-state index contributed by atoms with van der Waals surface area (Å²) in [6.45, 7) is 13.0. The second kappa shape index (κ2) is 58.4. The van der Waals surface area contributed by atoms with Gasteiger partial charge in [0.1, 0.15) is 29.9 Å². The number of methoxy groups -OCH3 is 2. The van der Waals surface area contributed by atoms with Gasteiger partial charge in [-0.05, 0) is 103 Å². The number of hydrogen-bond donors (Lipinski definition) is 4. The zero-order chi connectivity index (χ0) is 80.1. The molecule has 0 aromatic carbocycles. The number of ether oxygens (including phenoxy) is 2. The van der Waals surface area contributed by atoms with E-state index in [0.29, 0.717) is 87.4 Å². The summed E-state index contributed by atoms with van der Waals surface area (Å²) in [4.78, 5) is 106. The number of carboxylic acids is 1. The molecule has 6 aromatic heterocycles. The topological polar surface area (TPSA) is 347 Å². The number of aliphatic carboxylic acids is 1. The average Bonchev–Trinajstić information content (AvgIpc) is 1.19. The molecule has 4 fully saturated rings. The van der Waals surface area contributed by atoms with Gasteiger partial charge in [-0.3, -0.25) is 37.7 Å². The molecule has 4 unspecified atom stereocenters. The Kier molecular flexibility index (Phi) is 58.4. The molecule has 0 aliphatic heterocycles. The molecule has 34 heteroatoms. The molecule has 10 rings (SSSR count). The molecule has 625 valence electrons. The summed E-state index contributed by atoms with van der Waals surface area (Å²) < 4.78 is 67.7. The van der Waals surface area contributed by atoms with Crippen LogP contribution in [0.1, 0.15) is 246 Å². The van der Waals surface area contributed by atoms with Gasteiger partial charge in [0, 0.05) is 150 Å². The van der Waals surface area contributed by atoms with Crippen LogP contribution in [0.5, 0.6) is 5.75 Å². The number of thiazole rings is 2. The number of amides is 1. The van der Waals surface area contributed by atoms with Crippen molar-refractivity contribution >= 4 is 119 Å². The van der Waals surface area contributed by atoms with Gasteiger partial charge < -0.3 is 35.3 Å². The smallest absolute Gasteiger partial charge is 0.328 e. The van der Waals surface area contributed by atoms with Crippen LogP contribution in [0.2, 0.25) is 5.02 Å². The van der Waals surface area contributed by atoms with Crippen molar-refractivity contribution in [2.75, 3.05) is 37.8 Å². The van der Waals surface area contributed by atoms with Crippen LogP contribution in [0.3, 0.4) is 0 Å². The monoisotopic (exact) mass is 1890 g/mol. The minimum absolute atomic E-state index is 0. The van der Waals surface area contributed by atoms with Gasteiger partial charge in [0.2, 0.25) is 5.91 Å². The molecule has 24 nitrogen and oxygen atoms in total. The van der Waals surface area contributed by atoms with Gasteiger partial charge in [0.15, 0.2) is 29.9 Å². The van der Waals surface area contributed by atoms with E-state index in [-0.39, 0.29) is 109 Å². The first-order valence-electron chi connectivity index (χ1n) is 35.8. The van der Waals surface area contributed by atoms with Gasteiger partial charge in [0.05, 0.1) is 24.0 Å². The number of carbonyl (C=O) groups is 4. The molecule has 7 radical (unpaired) electrons. The maximum absolute atomic E-state index is 13.0. The standard InChI is InChI=1S/C19H25N3O4S2.C17H25NO5S.C16H22ClNO3.C15H21NO4.C3H4N2S.C3H4.6CH4.B3.BH.U/c1-13-10-15(28(2,25)26)12-17(23)22(13)16(11-14-6-4-3-5-7-14)18(24)21-19-20-8-9-27-19;1-12-9-14(24(3,21)22)11-16(19)18(12)15(17(20)23-2)10-13-7-5-4-6-8-13;1-11-8-13(17)10-15(19)18(11)14(16(20)21-2)9-12-6-4-3-5-7-12;1-10-7-12(17)9-14(18)16(10)13(15(19)20)8-11-5-3-2-4-6-11;4-3-5-1-2-6-3;1-3-2;;;;;;;1-3-2;;/h8-10,12,14,16H,3-7,11H2,1-2H3,(H,20,21,24);9,11,13,15H,4-8,10H2,1-3H3;8,10,12,14H,3-7,9H2,1-2H3;7,9,11,13,17H,2-6,8H2,1H3,(H,19,20);1-2H,(H2,4,5);1-2H2;6*1H4;;1H;/i;;;;;;;;;;;;;1T;. The fourth-order valence-corrected chi connectivity index (χ4v) is 16.5. The van der Waals surface area contributed by atoms with Crippen molar-refractivity contribution in [1.29, 1.82) is 1.34 Å². The van der Waals surface area contributed by atoms with E-state index in [2.05, 4.69) is 58.0 Å². The van der Waals surface area contributed by atoms with Crippen LogP contribution in [0.15, 0.2) is 120 Å². The number of aryl methyl sites for hydroxylation is 4. The quantitative estimate of drug-likeness (QED) is 0.0332. The SMILES string of the molecule is C.C.C.C.C.C.C=C=C.COC(=O)C(CC1CCCCC1)n1c(C)cc(Cl)cc1=O.COC(=O)C(CC1CCCCC1)n1c(C)cc(S(C)(=O)=O)cc1=O.Cc1cc(O)cc(=O)n1C(CC1CCCCC1)C(=O)O.Cc1cc(S(C)(=O)=O)cc(=O)n1C(CC1CCCCC1)C(=O)Nc1nccs1.Nc1nccs1.[3H][B].[B][B][B].[U]. The van der Waals surface area contributed by atoms with Gasteiger partial charge >= 0.3 is 17.9 Å². The van der Waals surface area contributed by atoms with E-state index in [9.17, 15) is 65.4 Å². The van der Waals surface area contributed by atoms with E-state index in [4.69, 9.17) is 28.1 Å². The maximum atomic E-state index is 13.0. The summed E-state index contributed by atoms with van der Waals surface area (Å²) in [6.07, 6.45) is 30.3. The van der Waals surface area contributed by atoms with Crippen LogP contribution in [0.25, 0.3) is 0 Å². The average molecular weight is 1890 g/mol. The predicted octanol–water partition coefficient (Wildman–Crippen LogP) is 15.1. The molecule has 4 saturated carbocycles. The number of carboxylic acid groups (broad SMARTS) is 1. The Balaban J connectivity index is -0.000000431. The number of nitrogens with one attached hydrogen (secondary N) is 1. The normalized spacial score (nSPS) is 14.9. The maximum Gasteiger partial charge on any atom is 0.328 e. The van der Waals surface area contributed by atoms with E-state index >= 15 is 0 Å². The Bertz CT molecular complexity index is 4300. The van der Waals surface area contributed by atoms with Crippen LogP contribution in [0.4, 0.5) is 10.3 Å². The van der Waals surface area contributed by atoms with E-state index in [1.165, 1.54) is 118 Å². The first-order valence-corrected chi connectivity index (χ1v) is 41.1. The number of carbonyl (C=O) groups excluding carboxylic acids is 3. The van der Waals surface area contributed by atoms with E-state index < -0.39 is 72.5 Å². The third-order valence-corrected chi connectivity index (χ3v) is 22.5.